The lowest BCUT2D eigenvalue weighted by molar-refractivity contribution is -0.137. The maximum atomic E-state index is 14.3. The number of nitrogens with one attached hydrogen (secondary N) is 1. The number of anilines is 2. The van der Waals surface area contributed by atoms with Crippen LogP contribution in [0.2, 0.25) is 5.02 Å². The van der Waals surface area contributed by atoms with Gasteiger partial charge in [-0.05, 0) is 43.5 Å². The normalized spacial score (nSPS) is 13.5. The van der Waals surface area contributed by atoms with Crippen LogP contribution in [0.1, 0.15) is 23.2 Å². The van der Waals surface area contributed by atoms with Crippen LogP contribution in [-0.2, 0) is 19.0 Å². The highest BCUT2D eigenvalue weighted by Gasteiger charge is 2.34. The van der Waals surface area contributed by atoms with Gasteiger partial charge in [-0.2, -0.15) is 13.2 Å². The number of halogens is 5. The number of aryl methyl sites for hydroxylation is 1. The molecule has 28 heavy (non-hydrogen) atoms. The van der Waals surface area contributed by atoms with Crippen molar-refractivity contribution in [3.63, 3.8) is 0 Å². The Hall–Kier alpha value is -2.74. The topological polar surface area (TPSA) is 50.7 Å². The Labute approximate surface area is 162 Å². The number of nitrogens with zero attached hydrogens (tertiary/aromatic N) is 3. The molecule has 1 N–H and O–H groups in total. The summed E-state index contributed by atoms with van der Waals surface area (Å²) < 4.78 is 54.1. The molecular weight excluding hydrogens is 396 g/mol. The van der Waals surface area contributed by atoms with Gasteiger partial charge in [-0.1, -0.05) is 11.6 Å². The van der Waals surface area contributed by atoms with Gasteiger partial charge in [0.25, 0.3) is 0 Å². The maximum absolute atomic E-state index is 14.3. The molecule has 0 saturated carbocycles. The standard InChI is InChI=1S/C19H13ClF4N4/c20-10-4-5-14(21)12(8-10)18-26-15-3-1-2-11(15)17(28-18)27-16-6-7-25-9-13(16)19(22,23)24/h4-9H,1-3H2,(H,25,26,27,28). The zero-order chi connectivity index (χ0) is 19.9. The molecule has 1 aliphatic rings. The van der Waals surface area contributed by atoms with Crippen molar-refractivity contribution in [2.75, 3.05) is 5.32 Å². The van der Waals surface area contributed by atoms with E-state index in [4.69, 9.17) is 11.6 Å². The highest BCUT2D eigenvalue weighted by Crippen LogP contribution is 2.37. The molecule has 0 bridgehead atoms. The van der Waals surface area contributed by atoms with E-state index in [0.29, 0.717) is 23.6 Å². The van der Waals surface area contributed by atoms with Crippen molar-refractivity contribution in [1.29, 1.82) is 0 Å². The minimum Gasteiger partial charge on any atom is -0.339 e. The molecule has 0 unspecified atom stereocenters. The molecule has 0 amide bonds. The molecule has 1 aliphatic carbocycles. The number of aromatic nitrogens is 3. The Morgan fingerprint density at radius 1 is 1.07 bits per heavy atom. The van der Waals surface area contributed by atoms with Crippen molar-refractivity contribution in [2.45, 2.75) is 25.4 Å². The Balaban J connectivity index is 1.83. The monoisotopic (exact) mass is 408 g/mol. The molecule has 0 fully saturated rings. The molecule has 2 aromatic heterocycles. The highest BCUT2D eigenvalue weighted by atomic mass is 35.5. The summed E-state index contributed by atoms with van der Waals surface area (Å²) in [4.78, 5) is 12.3. The molecule has 4 nitrogen and oxygen atoms in total. The number of pyridine rings is 1. The first-order valence-electron chi connectivity index (χ1n) is 8.46. The maximum Gasteiger partial charge on any atom is 0.419 e. The summed E-state index contributed by atoms with van der Waals surface area (Å²) in [5.74, 6) is -0.257. The number of benzene rings is 1. The highest BCUT2D eigenvalue weighted by molar-refractivity contribution is 6.30. The predicted octanol–water partition coefficient (Wildman–Crippen LogP) is 5.58. The molecule has 3 aromatic rings. The molecule has 9 heteroatoms. The lowest BCUT2D eigenvalue weighted by Gasteiger charge is -2.16. The Morgan fingerprint density at radius 2 is 1.89 bits per heavy atom. The minimum absolute atomic E-state index is 0.0748. The SMILES string of the molecule is Fc1ccc(Cl)cc1-c1nc2c(c(Nc3ccncc3C(F)(F)F)n1)CCC2. The molecule has 4 rings (SSSR count). The van der Waals surface area contributed by atoms with Gasteiger partial charge in [0.1, 0.15) is 11.6 Å². The summed E-state index contributed by atoms with van der Waals surface area (Å²) in [6, 6.07) is 5.22. The van der Waals surface area contributed by atoms with E-state index in [1.54, 1.807) is 0 Å². The summed E-state index contributed by atoms with van der Waals surface area (Å²) >= 11 is 5.95. The fourth-order valence-electron chi connectivity index (χ4n) is 3.18. The van der Waals surface area contributed by atoms with E-state index in [2.05, 4.69) is 20.3 Å². The zero-order valence-corrected chi connectivity index (χ0v) is 15.1. The largest absolute Gasteiger partial charge is 0.419 e. The molecule has 2 heterocycles. The Morgan fingerprint density at radius 3 is 2.68 bits per heavy atom. The minimum atomic E-state index is -4.57. The summed E-state index contributed by atoms with van der Waals surface area (Å²) in [6.07, 6.45) is -0.498. The van der Waals surface area contributed by atoms with Crippen LogP contribution >= 0.6 is 11.6 Å². The van der Waals surface area contributed by atoms with Crippen LogP contribution in [0, 0.1) is 5.82 Å². The Bertz CT molecular complexity index is 1050. The third-order valence-corrected chi connectivity index (χ3v) is 4.72. The van der Waals surface area contributed by atoms with Crippen LogP contribution in [0.5, 0.6) is 0 Å². The average Bonchev–Trinajstić information content (AvgIpc) is 3.12. The van der Waals surface area contributed by atoms with Gasteiger partial charge in [0.2, 0.25) is 0 Å². The molecule has 1 aromatic carbocycles. The van der Waals surface area contributed by atoms with E-state index in [0.717, 1.165) is 18.2 Å². The van der Waals surface area contributed by atoms with E-state index in [1.807, 2.05) is 0 Å². The van der Waals surface area contributed by atoms with Gasteiger partial charge in [0.05, 0.1) is 16.8 Å². The van der Waals surface area contributed by atoms with Crippen LogP contribution in [-0.4, -0.2) is 15.0 Å². The second-order valence-electron chi connectivity index (χ2n) is 6.34. The molecular formula is C19H13ClF4N4. The van der Waals surface area contributed by atoms with Crippen LogP contribution in [0.3, 0.4) is 0 Å². The summed E-state index contributed by atoms with van der Waals surface area (Å²) in [6.45, 7) is 0. The van der Waals surface area contributed by atoms with Crippen molar-refractivity contribution < 1.29 is 17.6 Å². The summed E-state index contributed by atoms with van der Waals surface area (Å²) in [5.41, 5.74) is 0.435. The van der Waals surface area contributed by atoms with Crippen LogP contribution in [0.15, 0.2) is 36.7 Å². The van der Waals surface area contributed by atoms with Crippen LogP contribution in [0.25, 0.3) is 11.4 Å². The molecule has 0 atom stereocenters. The van der Waals surface area contributed by atoms with Gasteiger partial charge >= 0.3 is 6.18 Å². The number of hydrogen-bond donors (Lipinski definition) is 1. The fourth-order valence-corrected chi connectivity index (χ4v) is 3.35. The molecule has 0 spiro atoms. The van der Waals surface area contributed by atoms with Gasteiger partial charge in [-0.25, -0.2) is 14.4 Å². The Kier molecular flexibility index (Phi) is 4.66. The third kappa shape index (κ3) is 3.52. The van der Waals surface area contributed by atoms with Crippen molar-refractivity contribution in [1.82, 2.24) is 15.0 Å². The van der Waals surface area contributed by atoms with Gasteiger partial charge in [0.15, 0.2) is 5.82 Å². The summed E-state index contributed by atoms with van der Waals surface area (Å²) in [7, 11) is 0. The number of rotatable bonds is 3. The molecule has 144 valence electrons. The second-order valence-corrected chi connectivity index (χ2v) is 6.78. The fraction of sp³-hybridized carbons (Fsp3) is 0.211. The van der Waals surface area contributed by atoms with Gasteiger partial charge in [-0.3, -0.25) is 4.98 Å². The van der Waals surface area contributed by atoms with E-state index in [9.17, 15) is 17.6 Å². The van der Waals surface area contributed by atoms with Gasteiger partial charge < -0.3 is 5.32 Å². The van der Waals surface area contributed by atoms with E-state index >= 15 is 0 Å². The smallest absolute Gasteiger partial charge is 0.339 e. The van der Waals surface area contributed by atoms with Crippen molar-refractivity contribution >= 4 is 23.1 Å². The molecule has 0 saturated heterocycles. The van der Waals surface area contributed by atoms with Crippen molar-refractivity contribution in [3.8, 4) is 11.4 Å². The first-order chi connectivity index (χ1) is 13.3. The average molecular weight is 409 g/mol. The van der Waals surface area contributed by atoms with Crippen LogP contribution < -0.4 is 5.32 Å². The van der Waals surface area contributed by atoms with Gasteiger partial charge in [-0.15, -0.1) is 0 Å². The lowest BCUT2D eigenvalue weighted by atomic mass is 10.1. The van der Waals surface area contributed by atoms with E-state index in [-0.39, 0.29) is 22.9 Å². The van der Waals surface area contributed by atoms with E-state index in [1.165, 1.54) is 30.5 Å². The first-order valence-corrected chi connectivity index (χ1v) is 8.84. The number of hydrogen-bond acceptors (Lipinski definition) is 4. The second kappa shape index (κ2) is 7.01. The first kappa shape index (κ1) is 18.6. The lowest BCUT2D eigenvalue weighted by Crippen LogP contribution is -2.11. The predicted molar refractivity (Wildman–Crippen MR) is 97.0 cm³/mol. The number of fused-ring (bicyclic) bond motifs is 1. The summed E-state index contributed by atoms with van der Waals surface area (Å²) in [5, 5.41) is 3.07. The quantitative estimate of drug-likeness (QED) is 0.574. The van der Waals surface area contributed by atoms with Crippen LogP contribution in [0.4, 0.5) is 29.1 Å². The van der Waals surface area contributed by atoms with Gasteiger partial charge in [0, 0.05) is 28.7 Å². The van der Waals surface area contributed by atoms with Crippen molar-refractivity contribution in [3.05, 3.63) is 64.3 Å². The zero-order valence-electron chi connectivity index (χ0n) is 14.3. The number of alkyl halides is 3. The van der Waals surface area contributed by atoms with E-state index < -0.39 is 17.6 Å². The third-order valence-electron chi connectivity index (χ3n) is 4.48. The van der Waals surface area contributed by atoms with Crippen molar-refractivity contribution in [2.24, 2.45) is 0 Å². The molecule has 0 radical (unpaired) electrons. The molecule has 0 aliphatic heterocycles.